The minimum atomic E-state index is -2.35. The van der Waals surface area contributed by atoms with Crippen LogP contribution in [0.1, 0.15) is 19.8 Å². The highest BCUT2D eigenvalue weighted by Crippen LogP contribution is 2.58. The van der Waals surface area contributed by atoms with Gasteiger partial charge < -0.3 is 4.90 Å². The Kier molecular flexibility index (Phi) is 1.32. The monoisotopic (exact) mass is 161 g/mol. The van der Waals surface area contributed by atoms with Crippen molar-refractivity contribution in [1.82, 2.24) is 4.90 Å². The first-order chi connectivity index (χ1) is 5.10. The molecule has 2 aliphatic rings. The van der Waals surface area contributed by atoms with Crippen molar-refractivity contribution in [3.05, 3.63) is 0 Å². The van der Waals surface area contributed by atoms with E-state index < -0.39 is 11.3 Å². The maximum atomic E-state index is 12.9. The van der Waals surface area contributed by atoms with Gasteiger partial charge in [0, 0.05) is 19.5 Å². The van der Waals surface area contributed by atoms with Crippen LogP contribution in [0.3, 0.4) is 0 Å². The third-order valence-electron chi connectivity index (χ3n) is 3.19. The second-order valence-corrected chi connectivity index (χ2v) is 3.79. The van der Waals surface area contributed by atoms with E-state index in [9.17, 15) is 8.78 Å². The number of nitrogens with zero attached hydrogens (tertiary/aromatic N) is 1. The summed E-state index contributed by atoms with van der Waals surface area (Å²) < 4.78 is 25.8. The van der Waals surface area contributed by atoms with Crippen LogP contribution in [0.15, 0.2) is 0 Å². The average Bonchev–Trinajstić information content (AvgIpc) is 1.84. The van der Waals surface area contributed by atoms with Gasteiger partial charge in [-0.1, -0.05) is 6.92 Å². The highest BCUT2D eigenvalue weighted by molar-refractivity contribution is 5.10. The van der Waals surface area contributed by atoms with Gasteiger partial charge in [0.1, 0.15) is 0 Å². The zero-order valence-corrected chi connectivity index (χ0v) is 6.74. The number of alkyl halides is 2. The van der Waals surface area contributed by atoms with Crippen molar-refractivity contribution >= 4 is 0 Å². The number of hydrogen-bond donors (Lipinski definition) is 0. The van der Waals surface area contributed by atoms with Crippen LogP contribution in [0, 0.1) is 5.41 Å². The molecule has 64 valence electrons. The number of halogens is 2. The first kappa shape index (κ1) is 7.47. The molecule has 0 atom stereocenters. The Morgan fingerprint density at radius 3 is 2.18 bits per heavy atom. The molecule has 0 bridgehead atoms. The fourth-order valence-electron chi connectivity index (χ4n) is 2.09. The highest BCUT2D eigenvalue weighted by Gasteiger charge is 2.66. The highest BCUT2D eigenvalue weighted by atomic mass is 19.3. The van der Waals surface area contributed by atoms with E-state index in [2.05, 4.69) is 4.90 Å². The van der Waals surface area contributed by atoms with Crippen LogP contribution in [0.2, 0.25) is 0 Å². The van der Waals surface area contributed by atoms with Crippen molar-refractivity contribution in [3.8, 4) is 0 Å². The predicted octanol–water partition coefficient (Wildman–Crippen LogP) is 1.74. The summed E-state index contributed by atoms with van der Waals surface area (Å²) in [5, 5.41) is 0. The Hall–Kier alpha value is -0.180. The van der Waals surface area contributed by atoms with E-state index >= 15 is 0 Å². The lowest BCUT2D eigenvalue weighted by molar-refractivity contribution is -0.257. The molecule has 1 nitrogen and oxygen atoms in total. The minimum absolute atomic E-state index is 0.116. The minimum Gasteiger partial charge on any atom is -0.302 e. The molecule has 3 heteroatoms. The molecule has 1 spiro atoms. The molecule has 2 fully saturated rings. The molecular formula is C8H13F2N. The van der Waals surface area contributed by atoms with Gasteiger partial charge in [-0.05, 0) is 13.0 Å². The normalized spacial score (nSPS) is 33.0. The van der Waals surface area contributed by atoms with Crippen molar-refractivity contribution in [2.24, 2.45) is 5.41 Å². The van der Waals surface area contributed by atoms with E-state index in [1.54, 1.807) is 0 Å². The molecule has 0 radical (unpaired) electrons. The number of rotatable bonds is 1. The van der Waals surface area contributed by atoms with Crippen LogP contribution in [0.25, 0.3) is 0 Å². The van der Waals surface area contributed by atoms with Gasteiger partial charge in [0.15, 0.2) is 0 Å². The molecule has 1 saturated carbocycles. The summed E-state index contributed by atoms with van der Waals surface area (Å²) in [6.07, 6.45) is 0.848. The third-order valence-corrected chi connectivity index (χ3v) is 3.19. The Balaban J connectivity index is 1.97. The lowest BCUT2D eigenvalue weighted by Crippen LogP contribution is -2.69. The molecule has 2 rings (SSSR count). The zero-order valence-electron chi connectivity index (χ0n) is 6.74. The summed E-state index contributed by atoms with van der Waals surface area (Å²) in [6.45, 7) is 4.18. The largest absolute Gasteiger partial charge is 0.302 e. The van der Waals surface area contributed by atoms with Gasteiger partial charge in [-0.2, -0.15) is 0 Å². The van der Waals surface area contributed by atoms with Crippen LogP contribution in [-0.2, 0) is 0 Å². The molecule has 1 aliphatic heterocycles. The summed E-state index contributed by atoms with van der Waals surface area (Å²) in [7, 11) is 0. The number of likely N-dealkylation sites (tertiary alicyclic amines) is 1. The first-order valence-electron chi connectivity index (χ1n) is 4.20. The quantitative estimate of drug-likeness (QED) is 0.566. The van der Waals surface area contributed by atoms with Gasteiger partial charge in [-0.3, -0.25) is 0 Å². The molecule has 0 aromatic carbocycles. The smallest absolute Gasteiger partial charge is 0.256 e. The maximum Gasteiger partial charge on any atom is 0.256 e. The standard InChI is InChI=1S/C8H13F2N/c1-2-11-5-7(6-11)3-4-8(7,9)10/h2-6H2,1H3. The van der Waals surface area contributed by atoms with Crippen LogP contribution in [-0.4, -0.2) is 30.5 Å². The molecule has 1 saturated heterocycles. The molecule has 0 unspecified atom stereocenters. The third kappa shape index (κ3) is 0.776. The maximum absolute atomic E-state index is 12.9. The molecule has 11 heavy (non-hydrogen) atoms. The average molecular weight is 161 g/mol. The second-order valence-electron chi connectivity index (χ2n) is 3.79. The fraction of sp³-hybridized carbons (Fsp3) is 1.00. The Labute approximate surface area is 65.4 Å². The SMILES string of the molecule is CCN1CC2(CCC2(F)F)C1. The number of hydrogen-bond acceptors (Lipinski definition) is 1. The molecule has 0 amide bonds. The van der Waals surface area contributed by atoms with Crippen LogP contribution >= 0.6 is 0 Å². The van der Waals surface area contributed by atoms with Crippen molar-refractivity contribution in [2.75, 3.05) is 19.6 Å². The predicted molar refractivity (Wildman–Crippen MR) is 38.7 cm³/mol. The molecule has 0 aromatic heterocycles. The summed E-state index contributed by atoms with van der Waals surface area (Å²) in [4.78, 5) is 2.08. The molecule has 0 N–H and O–H groups in total. The first-order valence-corrected chi connectivity index (χ1v) is 4.20. The van der Waals surface area contributed by atoms with Crippen molar-refractivity contribution in [3.63, 3.8) is 0 Å². The van der Waals surface area contributed by atoms with Crippen LogP contribution in [0.4, 0.5) is 8.78 Å². The molecule has 0 aromatic rings. The van der Waals surface area contributed by atoms with Gasteiger partial charge in [0.25, 0.3) is 5.92 Å². The van der Waals surface area contributed by atoms with E-state index in [1.807, 2.05) is 6.92 Å². The van der Waals surface area contributed by atoms with Gasteiger partial charge in [0.05, 0.1) is 5.41 Å². The summed E-state index contributed by atoms with van der Waals surface area (Å²) in [6, 6.07) is 0. The van der Waals surface area contributed by atoms with E-state index in [0.717, 1.165) is 13.0 Å². The Morgan fingerprint density at radius 1 is 1.27 bits per heavy atom. The van der Waals surface area contributed by atoms with E-state index in [0.29, 0.717) is 13.1 Å². The molecule has 1 aliphatic carbocycles. The van der Waals surface area contributed by atoms with E-state index in [-0.39, 0.29) is 6.42 Å². The summed E-state index contributed by atoms with van der Waals surface area (Å²) in [5.41, 5.74) is -0.594. The van der Waals surface area contributed by atoms with Gasteiger partial charge in [-0.25, -0.2) is 8.78 Å². The van der Waals surface area contributed by atoms with Gasteiger partial charge in [0.2, 0.25) is 0 Å². The van der Waals surface area contributed by atoms with E-state index in [4.69, 9.17) is 0 Å². The lowest BCUT2D eigenvalue weighted by Gasteiger charge is -2.60. The lowest BCUT2D eigenvalue weighted by atomic mass is 9.60. The van der Waals surface area contributed by atoms with Crippen molar-refractivity contribution < 1.29 is 8.78 Å². The fourth-order valence-corrected chi connectivity index (χ4v) is 2.09. The van der Waals surface area contributed by atoms with Gasteiger partial charge in [-0.15, -0.1) is 0 Å². The molecular weight excluding hydrogens is 148 g/mol. The topological polar surface area (TPSA) is 3.24 Å². The van der Waals surface area contributed by atoms with Crippen molar-refractivity contribution in [2.45, 2.75) is 25.7 Å². The summed E-state index contributed by atoms with van der Waals surface area (Å²) in [5.74, 6) is -2.35. The second kappa shape index (κ2) is 1.94. The Bertz CT molecular complexity index is 173. The van der Waals surface area contributed by atoms with E-state index in [1.165, 1.54) is 0 Å². The van der Waals surface area contributed by atoms with Crippen molar-refractivity contribution in [1.29, 1.82) is 0 Å². The van der Waals surface area contributed by atoms with Gasteiger partial charge >= 0.3 is 0 Å². The zero-order chi connectivity index (χ0) is 8.11. The molecule has 1 heterocycles. The van der Waals surface area contributed by atoms with Crippen LogP contribution in [0.5, 0.6) is 0 Å². The summed E-state index contributed by atoms with van der Waals surface area (Å²) >= 11 is 0. The Morgan fingerprint density at radius 2 is 1.91 bits per heavy atom. The van der Waals surface area contributed by atoms with Crippen LogP contribution < -0.4 is 0 Å².